The van der Waals surface area contributed by atoms with Crippen LogP contribution in [0.25, 0.3) is 0 Å². The average Bonchev–Trinajstić information content (AvgIpc) is 3.07. The molecule has 31 heavy (non-hydrogen) atoms. The number of carbonyl (C=O) groups excluding carboxylic acids is 1. The third-order valence-electron chi connectivity index (χ3n) is 4.20. The highest BCUT2D eigenvalue weighted by molar-refractivity contribution is 14.0. The number of nitrogens with zero attached hydrogens (tertiary/aromatic N) is 5. The minimum absolute atomic E-state index is 0. The number of amides is 1. The largest absolute Gasteiger partial charge is 0.444 e. The summed E-state index contributed by atoms with van der Waals surface area (Å²) in [4.78, 5) is 23.4. The number of aliphatic imine (C=N–C) groups is 1. The predicted molar refractivity (Wildman–Crippen MR) is 132 cm³/mol. The van der Waals surface area contributed by atoms with Crippen molar-refractivity contribution in [1.82, 2.24) is 30.3 Å². The van der Waals surface area contributed by atoms with Gasteiger partial charge in [-0.25, -0.2) is 9.78 Å². The number of guanidine groups is 1. The Labute approximate surface area is 201 Å². The lowest BCUT2D eigenvalue weighted by atomic mass is 10.1. The molecular formula is C21H34IN7O2. The van der Waals surface area contributed by atoms with Crippen molar-refractivity contribution in [2.75, 3.05) is 20.1 Å². The Kier molecular flexibility index (Phi) is 10.7. The number of ether oxygens (including phenoxy) is 1. The van der Waals surface area contributed by atoms with Crippen molar-refractivity contribution in [2.24, 2.45) is 12.0 Å². The van der Waals surface area contributed by atoms with Crippen LogP contribution >= 0.6 is 24.0 Å². The van der Waals surface area contributed by atoms with Crippen LogP contribution in [0.15, 0.2) is 41.7 Å². The Bertz CT molecular complexity index is 834. The fourth-order valence-corrected chi connectivity index (χ4v) is 2.77. The molecule has 0 aliphatic carbocycles. The first kappa shape index (κ1) is 26.7. The molecule has 1 amide bonds. The maximum Gasteiger partial charge on any atom is 0.408 e. The number of carbonyl (C=O) groups is 1. The summed E-state index contributed by atoms with van der Waals surface area (Å²) < 4.78 is 7.17. The highest BCUT2D eigenvalue weighted by Crippen LogP contribution is 2.15. The Morgan fingerprint density at radius 3 is 2.52 bits per heavy atom. The average molecular weight is 543 g/mol. The number of aryl methyl sites for hydroxylation is 1. The van der Waals surface area contributed by atoms with Gasteiger partial charge in [-0.2, -0.15) is 5.10 Å². The Balaban J connectivity index is 0.00000480. The first-order valence-corrected chi connectivity index (χ1v) is 10.1. The molecule has 0 saturated heterocycles. The number of benzene rings is 1. The molecule has 172 valence electrons. The number of halogens is 1. The van der Waals surface area contributed by atoms with E-state index in [9.17, 15) is 4.79 Å². The number of aromatic nitrogens is 3. The summed E-state index contributed by atoms with van der Waals surface area (Å²) in [5.74, 6) is 1.54. The van der Waals surface area contributed by atoms with Crippen LogP contribution in [-0.2, 0) is 18.3 Å². The van der Waals surface area contributed by atoms with E-state index in [1.54, 1.807) is 4.68 Å². The molecule has 1 atom stereocenters. The first-order chi connectivity index (χ1) is 14.2. The lowest BCUT2D eigenvalue weighted by Crippen LogP contribution is -2.40. The molecule has 0 bridgehead atoms. The number of rotatable bonds is 7. The zero-order valence-corrected chi connectivity index (χ0v) is 21.5. The fraction of sp³-hybridized carbons (Fsp3) is 0.524. The Hall–Kier alpha value is -2.37. The molecule has 10 heteroatoms. The fourth-order valence-electron chi connectivity index (χ4n) is 2.77. The van der Waals surface area contributed by atoms with Crippen LogP contribution in [0.1, 0.15) is 45.1 Å². The van der Waals surface area contributed by atoms with Crippen molar-refractivity contribution in [3.05, 3.63) is 48.0 Å². The van der Waals surface area contributed by atoms with Crippen molar-refractivity contribution < 1.29 is 9.53 Å². The molecule has 0 saturated carbocycles. The summed E-state index contributed by atoms with van der Waals surface area (Å²) in [7, 11) is 3.80. The standard InChI is InChI=1S/C21H33N7O2.HI/c1-7-22-19(27(5)14-18-24-15-25-28(18)6)23-13-17(16-11-9-8-10-12-16)26-20(29)30-21(2,3)4;/h8-12,15,17H,7,13-14H2,1-6H3,(H,22,23)(H,26,29);1H. The van der Waals surface area contributed by atoms with Gasteiger partial charge in [0.25, 0.3) is 0 Å². The topological polar surface area (TPSA) is 96.7 Å². The Morgan fingerprint density at radius 2 is 1.97 bits per heavy atom. The summed E-state index contributed by atoms with van der Waals surface area (Å²) in [5.41, 5.74) is 0.388. The van der Waals surface area contributed by atoms with E-state index in [4.69, 9.17) is 9.73 Å². The SMILES string of the molecule is CCNC(=NCC(NC(=O)OC(C)(C)C)c1ccccc1)N(C)Cc1ncnn1C.I. The van der Waals surface area contributed by atoms with Gasteiger partial charge in [0.1, 0.15) is 17.8 Å². The first-order valence-electron chi connectivity index (χ1n) is 10.1. The van der Waals surface area contributed by atoms with Gasteiger partial charge in [0.05, 0.1) is 19.1 Å². The van der Waals surface area contributed by atoms with Crippen molar-refractivity contribution in [2.45, 2.75) is 45.9 Å². The molecule has 1 heterocycles. The van der Waals surface area contributed by atoms with Crippen LogP contribution in [0.2, 0.25) is 0 Å². The molecule has 1 unspecified atom stereocenters. The smallest absolute Gasteiger partial charge is 0.408 e. The van der Waals surface area contributed by atoms with E-state index in [0.29, 0.717) is 19.0 Å². The number of hydrogen-bond acceptors (Lipinski definition) is 5. The summed E-state index contributed by atoms with van der Waals surface area (Å²) >= 11 is 0. The van der Waals surface area contributed by atoms with E-state index in [1.807, 2.05) is 77.0 Å². The number of nitrogens with one attached hydrogen (secondary N) is 2. The van der Waals surface area contributed by atoms with E-state index in [0.717, 1.165) is 17.9 Å². The van der Waals surface area contributed by atoms with Gasteiger partial charge in [0, 0.05) is 20.6 Å². The van der Waals surface area contributed by atoms with Gasteiger partial charge in [-0.15, -0.1) is 24.0 Å². The highest BCUT2D eigenvalue weighted by Gasteiger charge is 2.21. The number of hydrogen-bond donors (Lipinski definition) is 2. The third kappa shape index (κ3) is 9.11. The van der Waals surface area contributed by atoms with Crippen LogP contribution in [0.3, 0.4) is 0 Å². The highest BCUT2D eigenvalue weighted by atomic mass is 127. The monoisotopic (exact) mass is 543 g/mol. The zero-order chi connectivity index (χ0) is 22.1. The van der Waals surface area contributed by atoms with Gasteiger partial charge in [-0.3, -0.25) is 9.67 Å². The molecule has 2 aromatic rings. The van der Waals surface area contributed by atoms with E-state index in [-0.39, 0.29) is 30.0 Å². The van der Waals surface area contributed by atoms with Gasteiger partial charge >= 0.3 is 6.09 Å². The van der Waals surface area contributed by atoms with Gasteiger partial charge in [-0.05, 0) is 33.3 Å². The molecule has 2 rings (SSSR count). The van der Waals surface area contributed by atoms with Crippen LogP contribution < -0.4 is 10.6 Å². The summed E-state index contributed by atoms with van der Waals surface area (Å²) in [6.45, 7) is 9.16. The maximum atomic E-state index is 12.4. The van der Waals surface area contributed by atoms with Crippen molar-refractivity contribution >= 4 is 36.0 Å². The summed E-state index contributed by atoms with van der Waals surface area (Å²) in [6, 6.07) is 9.43. The molecular weight excluding hydrogens is 509 g/mol. The van der Waals surface area contributed by atoms with Gasteiger partial charge in [-0.1, -0.05) is 30.3 Å². The molecule has 1 aromatic carbocycles. The second-order valence-electron chi connectivity index (χ2n) is 7.96. The lowest BCUT2D eigenvalue weighted by molar-refractivity contribution is 0.0505. The minimum atomic E-state index is -0.570. The second kappa shape index (κ2) is 12.5. The molecule has 0 aliphatic rings. The molecule has 2 N–H and O–H groups in total. The summed E-state index contributed by atoms with van der Waals surface area (Å²) in [6.07, 6.45) is 1.06. The second-order valence-corrected chi connectivity index (χ2v) is 7.96. The molecule has 0 aliphatic heterocycles. The number of alkyl carbamates (subject to hydrolysis) is 1. The molecule has 9 nitrogen and oxygen atoms in total. The van der Waals surface area contributed by atoms with Crippen LogP contribution in [0, 0.1) is 0 Å². The lowest BCUT2D eigenvalue weighted by Gasteiger charge is -2.25. The molecule has 0 spiro atoms. The molecule has 0 radical (unpaired) electrons. The van der Waals surface area contributed by atoms with E-state index in [1.165, 1.54) is 6.33 Å². The van der Waals surface area contributed by atoms with Gasteiger partial charge in [0.15, 0.2) is 5.96 Å². The van der Waals surface area contributed by atoms with Crippen molar-refractivity contribution in [3.8, 4) is 0 Å². The predicted octanol–water partition coefficient (Wildman–Crippen LogP) is 3.10. The molecule has 1 aromatic heterocycles. The van der Waals surface area contributed by atoms with E-state index < -0.39 is 11.7 Å². The van der Waals surface area contributed by atoms with Crippen LogP contribution in [-0.4, -0.2) is 57.5 Å². The van der Waals surface area contributed by atoms with E-state index in [2.05, 4.69) is 20.7 Å². The Morgan fingerprint density at radius 1 is 1.29 bits per heavy atom. The van der Waals surface area contributed by atoms with Crippen LogP contribution in [0.4, 0.5) is 4.79 Å². The summed E-state index contributed by atoms with van der Waals surface area (Å²) in [5, 5.41) is 10.3. The third-order valence-corrected chi connectivity index (χ3v) is 4.20. The van der Waals surface area contributed by atoms with Crippen molar-refractivity contribution in [1.29, 1.82) is 0 Å². The molecule has 0 fully saturated rings. The quantitative estimate of drug-likeness (QED) is 0.317. The van der Waals surface area contributed by atoms with Crippen LogP contribution in [0.5, 0.6) is 0 Å². The van der Waals surface area contributed by atoms with Crippen molar-refractivity contribution in [3.63, 3.8) is 0 Å². The van der Waals surface area contributed by atoms with Gasteiger partial charge in [0.2, 0.25) is 0 Å². The zero-order valence-electron chi connectivity index (χ0n) is 19.1. The van der Waals surface area contributed by atoms with Gasteiger partial charge < -0.3 is 20.3 Å². The maximum absolute atomic E-state index is 12.4. The normalized spacial score (nSPS) is 12.5. The minimum Gasteiger partial charge on any atom is -0.444 e. The van der Waals surface area contributed by atoms with E-state index >= 15 is 0 Å².